The minimum Gasteiger partial charge on any atom is -0.480 e. The van der Waals surface area contributed by atoms with Crippen molar-refractivity contribution in [3.63, 3.8) is 0 Å². The van der Waals surface area contributed by atoms with Crippen LogP contribution in [0.1, 0.15) is 15.9 Å². The van der Waals surface area contributed by atoms with Gasteiger partial charge in [-0.1, -0.05) is 22.0 Å². The van der Waals surface area contributed by atoms with Crippen molar-refractivity contribution in [3.05, 3.63) is 33.8 Å². The van der Waals surface area contributed by atoms with Gasteiger partial charge in [0.25, 0.3) is 5.91 Å². The summed E-state index contributed by atoms with van der Waals surface area (Å²) in [5, 5.41) is 19.8. The average molecular weight is 302 g/mol. The summed E-state index contributed by atoms with van der Waals surface area (Å²) in [5.41, 5.74) is 1.10. The number of halogens is 1. The minimum absolute atomic E-state index is 0.374. The number of carbonyl (C=O) groups excluding carboxylic acids is 1. The molecule has 92 valence electrons. The molecule has 0 bridgehead atoms. The van der Waals surface area contributed by atoms with E-state index in [0.717, 1.165) is 10.0 Å². The molecule has 3 N–H and O–H groups in total. The number of carbonyl (C=O) groups is 2. The van der Waals surface area contributed by atoms with Gasteiger partial charge in [-0.15, -0.1) is 0 Å². The molecule has 0 fully saturated rings. The Morgan fingerprint density at radius 2 is 2.12 bits per heavy atom. The van der Waals surface area contributed by atoms with Gasteiger partial charge in [-0.3, -0.25) is 4.79 Å². The van der Waals surface area contributed by atoms with Crippen LogP contribution in [0.25, 0.3) is 0 Å². The van der Waals surface area contributed by atoms with E-state index in [1.54, 1.807) is 25.1 Å². The van der Waals surface area contributed by atoms with E-state index >= 15 is 0 Å². The molecule has 1 aromatic rings. The van der Waals surface area contributed by atoms with E-state index in [1.807, 2.05) is 0 Å². The van der Waals surface area contributed by atoms with E-state index in [-0.39, 0.29) is 0 Å². The fraction of sp³-hybridized carbons (Fsp3) is 0.273. The smallest absolute Gasteiger partial charge is 0.328 e. The van der Waals surface area contributed by atoms with Crippen molar-refractivity contribution in [2.45, 2.75) is 13.0 Å². The predicted octanol–water partition coefficient (Wildman–Crippen LogP) is 0.933. The molecule has 17 heavy (non-hydrogen) atoms. The van der Waals surface area contributed by atoms with Gasteiger partial charge in [-0.2, -0.15) is 0 Å². The molecule has 5 nitrogen and oxygen atoms in total. The maximum absolute atomic E-state index is 11.8. The number of carboxylic acid groups (broad SMARTS) is 1. The lowest BCUT2D eigenvalue weighted by molar-refractivity contribution is -0.140. The lowest BCUT2D eigenvalue weighted by Gasteiger charge is -2.13. The first-order chi connectivity index (χ1) is 7.95. The molecule has 0 saturated heterocycles. The van der Waals surface area contributed by atoms with Gasteiger partial charge >= 0.3 is 5.97 Å². The Morgan fingerprint density at radius 1 is 1.47 bits per heavy atom. The summed E-state index contributed by atoms with van der Waals surface area (Å²) < 4.78 is 0.726. The van der Waals surface area contributed by atoms with Crippen LogP contribution >= 0.6 is 15.9 Å². The minimum atomic E-state index is -1.29. The van der Waals surface area contributed by atoms with Gasteiger partial charge in [0.15, 0.2) is 6.04 Å². The highest BCUT2D eigenvalue weighted by molar-refractivity contribution is 9.10. The van der Waals surface area contributed by atoms with Gasteiger partial charge < -0.3 is 15.5 Å². The molecule has 0 spiro atoms. The van der Waals surface area contributed by atoms with Crippen LogP contribution in [0.5, 0.6) is 0 Å². The van der Waals surface area contributed by atoms with Crippen LogP contribution in [0.3, 0.4) is 0 Å². The van der Waals surface area contributed by atoms with Crippen molar-refractivity contribution in [2.24, 2.45) is 0 Å². The third-order valence-corrected chi connectivity index (χ3v) is 2.72. The summed E-state index contributed by atoms with van der Waals surface area (Å²) in [6.45, 7) is 1.10. The van der Waals surface area contributed by atoms with E-state index in [2.05, 4.69) is 21.2 Å². The van der Waals surface area contributed by atoms with Crippen molar-refractivity contribution in [1.82, 2.24) is 5.32 Å². The molecular weight excluding hydrogens is 290 g/mol. The van der Waals surface area contributed by atoms with Crippen LogP contribution < -0.4 is 5.32 Å². The molecule has 0 aliphatic rings. The molecule has 0 aliphatic heterocycles. The summed E-state index contributed by atoms with van der Waals surface area (Å²) in [5.74, 6) is -1.79. The van der Waals surface area contributed by atoms with Crippen LogP contribution in [0.4, 0.5) is 0 Å². The molecule has 0 saturated carbocycles. The highest BCUT2D eigenvalue weighted by Gasteiger charge is 2.20. The van der Waals surface area contributed by atoms with Crippen LogP contribution in [0.2, 0.25) is 0 Å². The van der Waals surface area contributed by atoms with Gasteiger partial charge in [0.1, 0.15) is 0 Å². The molecule has 1 aromatic carbocycles. The van der Waals surface area contributed by atoms with E-state index < -0.39 is 24.5 Å². The number of aliphatic hydroxyl groups is 1. The molecular formula is C11H12BrNO4. The van der Waals surface area contributed by atoms with Crippen molar-refractivity contribution in [1.29, 1.82) is 0 Å². The fourth-order valence-corrected chi connectivity index (χ4v) is 1.62. The quantitative estimate of drug-likeness (QED) is 0.772. The molecule has 0 heterocycles. The van der Waals surface area contributed by atoms with E-state index in [9.17, 15) is 9.59 Å². The number of amides is 1. The Bertz CT molecular complexity index is 447. The second-order valence-electron chi connectivity index (χ2n) is 3.51. The Morgan fingerprint density at radius 3 is 2.65 bits per heavy atom. The molecule has 0 unspecified atom stereocenters. The number of aliphatic carboxylic acids is 1. The molecule has 0 aromatic heterocycles. The second-order valence-corrected chi connectivity index (χ2v) is 4.42. The Labute approximate surface area is 107 Å². The van der Waals surface area contributed by atoms with Gasteiger partial charge in [-0.05, 0) is 24.6 Å². The standard InChI is InChI=1S/C11H12BrNO4/c1-6-2-3-7(12)4-8(6)10(15)13-9(5-14)11(16)17/h2-4,9,14H,5H2,1H3,(H,13,15)(H,16,17)/t9-/m0/s1. The number of rotatable bonds is 4. The number of carboxylic acids is 1. The van der Waals surface area contributed by atoms with E-state index in [0.29, 0.717) is 5.56 Å². The zero-order valence-corrected chi connectivity index (χ0v) is 10.7. The highest BCUT2D eigenvalue weighted by atomic mass is 79.9. The number of hydrogen-bond donors (Lipinski definition) is 3. The van der Waals surface area contributed by atoms with Gasteiger partial charge in [0.2, 0.25) is 0 Å². The predicted molar refractivity (Wildman–Crippen MR) is 64.9 cm³/mol. The second kappa shape index (κ2) is 5.79. The number of hydrogen-bond acceptors (Lipinski definition) is 3. The summed E-state index contributed by atoms with van der Waals surface area (Å²) in [6, 6.07) is 3.84. The Kier molecular flexibility index (Phi) is 4.65. The van der Waals surface area contributed by atoms with Crippen molar-refractivity contribution in [3.8, 4) is 0 Å². The normalized spacial score (nSPS) is 11.9. The van der Waals surface area contributed by atoms with E-state index in [4.69, 9.17) is 10.2 Å². The summed E-state index contributed by atoms with van der Waals surface area (Å²) >= 11 is 3.23. The maximum Gasteiger partial charge on any atom is 0.328 e. The van der Waals surface area contributed by atoms with Gasteiger partial charge in [0.05, 0.1) is 6.61 Å². The first-order valence-electron chi connectivity index (χ1n) is 4.86. The molecule has 0 aliphatic carbocycles. The Balaban J connectivity index is 2.89. The first kappa shape index (κ1) is 13.7. The first-order valence-corrected chi connectivity index (χ1v) is 5.65. The molecule has 1 rings (SSSR count). The largest absolute Gasteiger partial charge is 0.480 e. The highest BCUT2D eigenvalue weighted by Crippen LogP contribution is 2.16. The van der Waals surface area contributed by atoms with Crippen LogP contribution in [0.15, 0.2) is 22.7 Å². The van der Waals surface area contributed by atoms with Gasteiger partial charge in [0, 0.05) is 10.0 Å². The molecule has 0 radical (unpaired) electrons. The van der Waals surface area contributed by atoms with Crippen LogP contribution in [-0.2, 0) is 4.79 Å². The molecule has 6 heteroatoms. The van der Waals surface area contributed by atoms with Crippen LogP contribution in [0, 0.1) is 6.92 Å². The van der Waals surface area contributed by atoms with Crippen LogP contribution in [-0.4, -0.2) is 34.7 Å². The zero-order chi connectivity index (χ0) is 13.0. The van der Waals surface area contributed by atoms with E-state index in [1.165, 1.54) is 0 Å². The zero-order valence-electron chi connectivity index (χ0n) is 9.11. The Hall–Kier alpha value is -1.40. The lowest BCUT2D eigenvalue weighted by atomic mass is 10.1. The number of aliphatic hydroxyl groups excluding tert-OH is 1. The third kappa shape index (κ3) is 3.54. The third-order valence-electron chi connectivity index (χ3n) is 2.23. The molecule has 1 amide bonds. The SMILES string of the molecule is Cc1ccc(Br)cc1C(=O)N[C@@H](CO)C(=O)O. The number of benzene rings is 1. The topological polar surface area (TPSA) is 86.6 Å². The number of nitrogens with one attached hydrogen (secondary N) is 1. The van der Waals surface area contributed by atoms with Gasteiger partial charge in [-0.25, -0.2) is 4.79 Å². The van der Waals surface area contributed by atoms with Crippen molar-refractivity contribution < 1.29 is 19.8 Å². The average Bonchev–Trinajstić information content (AvgIpc) is 2.28. The van der Waals surface area contributed by atoms with Crippen molar-refractivity contribution >= 4 is 27.8 Å². The summed E-state index contributed by atoms with van der Waals surface area (Å²) in [6.07, 6.45) is 0. The summed E-state index contributed by atoms with van der Waals surface area (Å²) in [4.78, 5) is 22.5. The van der Waals surface area contributed by atoms with Crippen molar-refractivity contribution in [2.75, 3.05) is 6.61 Å². The summed E-state index contributed by atoms with van der Waals surface area (Å²) in [7, 11) is 0. The molecule has 1 atom stereocenters. The monoisotopic (exact) mass is 301 g/mol. The fourth-order valence-electron chi connectivity index (χ4n) is 1.26. The number of aryl methyl sites for hydroxylation is 1. The maximum atomic E-state index is 11.8. The lowest BCUT2D eigenvalue weighted by Crippen LogP contribution is -2.43.